The molecule has 8 heavy (non-hydrogen) atoms. The molecule has 1 aliphatic rings. The van der Waals surface area contributed by atoms with Crippen molar-refractivity contribution in [2.45, 2.75) is 6.92 Å². The molecule has 0 fully saturated rings. The summed E-state index contributed by atoms with van der Waals surface area (Å²) in [6.07, 6.45) is 0. The maximum Gasteiger partial charge on any atom is 0.141 e. The number of rotatable bonds is 0. The molecule has 2 nitrogen and oxygen atoms in total. The highest BCUT2D eigenvalue weighted by molar-refractivity contribution is 9.14. The molecule has 0 bridgehead atoms. The number of hydrogen-bond donors (Lipinski definition) is 0. The first-order valence-electron chi connectivity index (χ1n) is 2.02. The minimum Gasteiger partial charge on any atom is -0.223 e. The highest BCUT2D eigenvalue weighted by Crippen LogP contribution is 2.22. The van der Waals surface area contributed by atoms with Crippen molar-refractivity contribution in [3.8, 4) is 0 Å². The van der Waals surface area contributed by atoms with E-state index in [0.29, 0.717) is 0 Å². The largest absolute Gasteiger partial charge is 0.223 e. The Morgan fingerprint density at radius 2 is 1.88 bits per heavy atom. The van der Waals surface area contributed by atoms with Gasteiger partial charge in [0.1, 0.15) is 15.0 Å². The van der Waals surface area contributed by atoms with Crippen molar-refractivity contribution in [3.05, 3.63) is 9.21 Å². The lowest BCUT2D eigenvalue weighted by Gasteiger charge is -1.84. The number of nitrogens with zero attached hydrogens (tertiary/aromatic N) is 2. The van der Waals surface area contributed by atoms with E-state index < -0.39 is 0 Å². The summed E-state index contributed by atoms with van der Waals surface area (Å²) in [6, 6.07) is 0. The molecule has 0 aromatic heterocycles. The van der Waals surface area contributed by atoms with Crippen LogP contribution in [0.2, 0.25) is 0 Å². The second-order valence-corrected chi connectivity index (χ2v) is 2.85. The summed E-state index contributed by atoms with van der Waals surface area (Å²) in [5.41, 5.74) is 0. The molecular formula is C4H3Br2N2. The van der Waals surface area contributed by atoms with Gasteiger partial charge in [-0.25, -0.2) is 10.3 Å². The van der Waals surface area contributed by atoms with E-state index in [-0.39, 0.29) is 0 Å². The first kappa shape index (κ1) is 6.29. The zero-order chi connectivity index (χ0) is 6.15. The van der Waals surface area contributed by atoms with Crippen LogP contribution >= 0.6 is 31.9 Å². The summed E-state index contributed by atoms with van der Waals surface area (Å²) in [7, 11) is 0. The van der Waals surface area contributed by atoms with Gasteiger partial charge in [0.2, 0.25) is 0 Å². The monoisotopic (exact) mass is 237 g/mol. The van der Waals surface area contributed by atoms with Gasteiger partial charge in [-0.3, -0.25) is 0 Å². The minimum absolute atomic E-state index is 0.773. The predicted molar refractivity (Wildman–Crippen MR) is 40.1 cm³/mol. The molecule has 0 spiro atoms. The van der Waals surface area contributed by atoms with E-state index in [2.05, 4.69) is 42.2 Å². The average molecular weight is 239 g/mol. The molecule has 43 valence electrons. The van der Waals surface area contributed by atoms with Crippen LogP contribution in [0.1, 0.15) is 6.92 Å². The summed E-state index contributed by atoms with van der Waals surface area (Å²) < 4.78 is 1.55. The molecule has 1 aliphatic heterocycles. The second kappa shape index (κ2) is 2.19. The van der Waals surface area contributed by atoms with Gasteiger partial charge in [0.25, 0.3) is 0 Å². The smallest absolute Gasteiger partial charge is 0.141 e. The van der Waals surface area contributed by atoms with Gasteiger partial charge in [-0.15, -0.1) is 0 Å². The Kier molecular flexibility index (Phi) is 1.72. The van der Waals surface area contributed by atoms with E-state index in [4.69, 9.17) is 0 Å². The van der Waals surface area contributed by atoms with Gasteiger partial charge in [-0.1, -0.05) is 0 Å². The van der Waals surface area contributed by atoms with Gasteiger partial charge in [0.05, 0.1) is 0 Å². The van der Waals surface area contributed by atoms with Crippen molar-refractivity contribution >= 4 is 37.7 Å². The van der Waals surface area contributed by atoms with Crippen LogP contribution < -0.4 is 5.32 Å². The summed E-state index contributed by atoms with van der Waals surface area (Å²) >= 11 is 6.39. The molecule has 0 atom stereocenters. The van der Waals surface area contributed by atoms with Gasteiger partial charge in [0.15, 0.2) is 0 Å². The highest BCUT2D eigenvalue weighted by atomic mass is 79.9. The molecule has 0 unspecified atom stereocenters. The lowest BCUT2D eigenvalue weighted by Crippen LogP contribution is -2.01. The van der Waals surface area contributed by atoms with Crippen LogP contribution in [0.4, 0.5) is 0 Å². The lowest BCUT2D eigenvalue weighted by atomic mass is 10.7. The zero-order valence-corrected chi connectivity index (χ0v) is 7.32. The van der Waals surface area contributed by atoms with Crippen LogP contribution in [0.25, 0.3) is 0 Å². The standard InChI is InChI=1S/C4H3Br2N2/c1-2-7-3(5)4(6)8-2/h1H3. The van der Waals surface area contributed by atoms with Crippen LogP contribution in [-0.4, -0.2) is 5.84 Å². The minimum atomic E-state index is 0.773. The molecule has 0 aromatic rings. The average Bonchev–Trinajstić information content (AvgIpc) is 1.85. The molecule has 0 saturated heterocycles. The number of halogens is 2. The molecule has 0 saturated carbocycles. The first-order chi connectivity index (χ1) is 3.70. The third-order valence-corrected chi connectivity index (χ3v) is 2.33. The fourth-order valence-electron chi connectivity index (χ4n) is 0.401. The van der Waals surface area contributed by atoms with Gasteiger partial charge in [-0.05, 0) is 38.8 Å². The Bertz CT molecular complexity index is 171. The van der Waals surface area contributed by atoms with E-state index >= 15 is 0 Å². The van der Waals surface area contributed by atoms with Crippen molar-refractivity contribution in [3.63, 3.8) is 0 Å². The Hall–Kier alpha value is 0.170. The third kappa shape index (κ3) is 1.11. The van der Waals surface area contributed by atoms with Crippen molar-refractivity contribution in [2.75, 3.05) is 0 Å². The number of aliphatic imine (C=N–C) groups is 1. The van der Waals surface area contributed by atoms with Gasteiger partial charge < -0.3 is 0 Å². The van der Waals surface area contributed by atoms with Crippen LogP contribution in [0, 0.1) is 0 Å². The maximum absolute atomic E-state index is 3.97. The summed E-state index contributed by atoms with van der Waals surface area (Å²) in [6.45, 7) is 1.84. The van der Waals surface area contributed by atoms with Crippen molar-refractivity contribution in [2.24, 2.45) is 4.99 Å². The first-order valence-corrected chi connectivity index (χ1v) is 3.61. The van der Waals surface area contributed by atoms with Gasteiger partial charge >= 0.3 is 0 Å². The SMILES string of the molecule is CC1=NC(Br)=C(Br)[N]1. The second-order valence-electron chi connectivity index (χ2n) is 1.35. The van der Waals surface area contributed by atoms with Crippen molar-refractivity contribution < 1.29 is 0 Å². The number of hydrogen-bond acceptors (Lipinski definition) is 1. The Morgan fingerprint density at radius 3 is 2.00 bits per heavy atom. The molecule has 1 heterocycles. The van der Waals surface area contributed by atoms with Crippen molar-refractivity contribution in [1.29, 1.82) is 0 Å². The van der Waals surface area contributed by atoms with E-state index in [1.54, 1.807) is 0 Å². The van der Waals surface area contributed by atoms with E-state index in [9.17, 15) is 0 Å². The molecule has 1 rings (SSSR count). The molecule has 0 amide bonds. The molecule has 1 radical (unpaired) electrons. The molecule has 0 aliphatic carbocycles. The Labute approximate surface area is 64.3 Å². The fraction of sp³-hybridized carbons (Fsp3) is 0.250. The van der Waals surface area contributed by atoms with E-state index in [0.717, 1.165) is 15.0 Å². The molecule has 0 N–H and O–H groups in total. The molecule has 4 heteroatoms. The third-order valence-electron chi connectivity index (χ3n) is 0.690. The molecular weight excluding hydrogens is 236 g/mol. The normalized spacial score (nSPS) is 18.6. The van der Waals surface area contributed by atoms with Crippen LogP contribution in [-0.2, 0) is 0 Å². The van der Waals surface area contributed by atoms with E-state index in [1.807, 2.05) is 6.92 Å². The maximum atomic E-state index is 3.97. The van der Waals surface area contributed by atoms with Crippen molar-refractivity contribution in [1.82, 2.24) is 5.32 Å². The lowest BCUT2D eigenvalue weighted by molar-refractivity contribution is 1.26. The number of amidine groups is 1. The quantitative estimate of drug-likeness (QED) is 0.577. The van der Waals surface area contributed by atoms with Crippen LogP contribution in [0.15, 0.2) is 14.2 Å². The van der Waals surface area contributed by atoms with Crippen LogP contribution in [0.3, 0.4) is 0 Å². The summed E-state index contributed by atoms with van der Waals surface area (Å²) in [5, 5.41) is 3.97. The molecule has 0 aromatic carbocycles. The summed E-state index contributed by atoms with van der Waals surface area (Å²) in [5.74, 6) is 0.781. The highest BCUT2D eigenvalue weighted by Gasteiger charge is 2.09. The van der Waals surface area contributed by atoms with Gasteiger partial charge in [-0.2, -0.15) is 0 Å². The Balaban J connectivity index is 2.79. The zero-order valence-electron chi connectivity index (χ0n) is 4.15. The fourth-order valence-corrected chi connectivity index (χ4v) is 1.09. The van der Waals surface area contributed by atoms with Crippen LogP contribution in [0.5, 0.6) is 0 Å². The predicted octanol–water partition coefficient (Wildman–Crippen LogP) is 1.94. The topological polar surface area (TPSA) is 26.5 Å². The van der Waals surface area contributed by atoms with Gasteiger partial charge in [0, 0.05) is 0 Å². The summed E-state index contributed by atoms with van der Waals surface area (Å²) in [4.78, 5) is 3.97. The Morgan fingerprint density at radius 1 is 1.25 bits per heavy atom. The van der Waals surface area contributed by atoms with E-state index in [1.165, 1.54) is 0 Å².